The van der Waals surface area contributed by atoms with Crippen molar-refractivity contribution in [1.29, 1.82) is 0 Å². The first-order valence-corrected chi connectivity index (χ1v) is 4.85. The smallest absolute Gasteiger partial charge is 0.256 e. The molecule has 0 unspecified atom stereocenters. The van der Waals surface area contributed by atoms with Gasteiger partial charge in [-0.1, -0.05) is 30.3 Å². The first-order chi connectivity index (χ1) is 7.18. The van der Waals surface area contributed by atoms with Crippen molar-refractivity contribution in [3.8, 4) is 11.3 Å². The van der Waals surface area contributed by atoms with Crippen LogP contribution in [0, 0.1) is 0 Å². The number of carbonyl (C=O) groups excluding carboxylic acids is 1. The molecule has 0 bridgehead atoms. The molecule has 15 heavy (non-hydrogen) atoms. The van der Waals surface area contributed by atoms with Crippen LogP contribution in [-0.4, -0.2) is 15.0 Å². The second kappa shape index (κ2) is 3.87. The van der Waals surface area contributed by atoms with Crippen LogP contribution in [0.5, 0.6) is 0 Å². The lowest BCUT2D eigenvalue weighted by atomic mass is 10.1. The second-order valence-corrected chi connectivity index (χ2v) is 3.55. The third-order valence-corrected chi connectivity index (χ3v) is 2.29. The minimum absolute atomic E-state index is 0.436. The lowest BCUT2D eigenvalue weighted by molar-refractivity contribution is 0.108. The zero-order chi connectivity index (χ0) is 10.8. The normalized spacial score (nSPS) is 10.3. The molecule has 1 aromatic carbocycles. The lowest BCUT2D eigenvalue weighted by Crippen LogP contribution is -1.89. The Morgan fingerprint density at radius 2 is 2.00 bits per heavy atom. The van der Waals surface area contributed by atoms with Crippen molar-refractivity contribution in [2.75, 3.05) is 0 Å². The molecule has 0 N–H and O–H groups in total. The molecule has 0 radical (unpaired) electrons. The number of aryl methyl sites for hydroxylation is 1. The average molecular weight is 221 g/mol. The predicted molar refractivity (Wildman–Crippen MR) is 58.8 cm³/mol. The van der Waals surface area contributed by atoms with Crippen LogP contribution < -0.4 is 0 Å². The van der Waals surface area contributed by atoms with Crippen LogP contribution in [0.25, 0.3) is 11.3 Å². The van der Waals surface area contributed by atoms with Crippen LogP contribution >= 0.6 is 11.6 Å². The summed E-state index contributed by atoms with van der Waals surface area (Å²) in [7, 11) is 1.76. The third kappa shape index (κ3) is 1.92. The van der Waals surface area contributed by atoms with Crippen molar-refractivity contribution >= 4 is 16.8 Å². The maximum atomic E-state index is 11.2. The number of rotatable bonds is 2. The van der Waals surface area contributed by atoms with Gasteiger partial charge in [-0.05, 0) is 11.6 Å². The van der Waals surface area contributed by atoms with Gasteiger partial charge in [0.15, 0.2) is 0 Å². The summed E-state index contributed by atoms with van der Waals surface area (Å²) in [4.78, 5) is 11.2. The largest absolute Gasteiger partial charge is 0.275 e. The number of benzene rings is 1. The minimum Gasteiger partial charge on any atom is -0.275 e. The predicted octanol–water partition coefficient (Wildman–Crippen LogP) is 2.47. The van der Waals surface area contributed by atoms with Gasteiger partial charge in [-0.2, -0.15) is 5.10 Å². The molecule has 1 aromatic heterocycles. The average Bonchev–Trinajstić information content (AvgIpc) is 2.62. The van der Waals surface area contributed by atoms with Crippen LogP contribution in [0.1, 0.15) is 10.4 Å². The molecule has 2 rings (SSSR count). The van der Waals surface area contributed by atoms with Gasteiger partial charge in [-0.25, -0.2) is 0 Å². The van der Waals surface area contributed by atoms with Gasteiger partial charge < -0.3 is 0 Å². The summed E-state index contributed by atoms with van der Waals surface area (Å²) in [5.74, 6) is 0. The van der Waals surface area contributed by atoms with Crippen molar-refractivity contribution < 1.29 is 4.79 Å². The van der Waals surface area contributed by atoms with E-state index in [1.807, 2.05) is 30.3 Å². The molecule has 0 saturated carbocycles. The molecule has 4 heteroatoms. The Morgan fingerprint density at radius 1 is 1.33 bits per heavy atom. The molecule has 0 aliphatic carbocycles. The van der Waals surface area contributed by atoms with Gasteiger partial charge >= 0.3 is 0 Å². The second-order valence-electron chi connectivity index (χ2n) is 3.20. The summed E-state index contributed by atoms with van der Waals surface area (Å²) in [6, 6.07) is 9.49. The Labute approximate surface area is 92.3 Å². The van der Waals surface area contributed by atoms with E-state index in [1.54, 1.807) is 17.9 Å². The van der Waals surface area contributed by atoms with Gasteiger partial charge in [0.1, 0.15) is 5.69 Å². The molecular formula is C11H9ClN2O. The molecule has 76 valence electrons. The molecule has 0 aliphatic heterocycles. The van der Waals surface area contributed by atoms with Gasteiger partial charge in [-0.3, -0.25) is 9.48 Å². The summed E-state index contributed by atoms with van der Waals surface area (Å²) in [6.07, 6.45) is 1.62. The van der Waals surface area contributed by atoms with E-state index in [1.165, 1.54) is 0 Å². The summed E-state index contributed by atoms with van der Waals surface area (Å²) < 4.78 is 1.58. The van der Waals surface area contributed by atoms with E-state index in [0.29, 0.717) is 11.3 Å². The molecule has 2 aromatic rings. The highest BCUT2D eigenvalue weighted by Gasteiger charge is 2.14. The number of halogens is 1. The van der Waals surface area contributed by atoms with E-state index >= 15 is 0 Å². The third-order valence-electron chi connectivity index (χ3n) is 2.09. The van der Waals surface area contributed by atoms with Crippen LogP contribution in [-0.2, 0) is 7.05 Å². The number of hydrogen-bond acceptors (Lipinski definition) is 2. The maximum Gasteiger partial charge on any atom is 0.256 e. The van der Waals surface area contributed by atoms with Gasteiger partial charge in [-0.15, -0.1) is 0 Å². The summed E-state index contributed by atoms with van der Waals surface area (Å²) in [5.41, 5.74) is 1.95. The minimum atomic E-state index is -0.484. The van der Waals surface area contributed by atoms with Crippen molar-refractivity contribution in [3.63, 3.8) is 0 Å². The lowest BCUT2D eigenvalue weighted by Gasteiger charge is -1.97. The Hall–Kier alpha value is -1.61. The molecular weight excluding hydrogens is 212 g/mol. The Balaban J connectivity index is 2.58. The van der Waals surface area contributed by atoms with Crippen molar-refractivity contribution in [3.05, 3.63) is 42.1 Å². The molecule has 0 saturated heterocycles. The van der Waals surface area contributed by atoms with Crippen molar-refractivity contribution in [2.45, 2.75) is 0 Å². The van der Waals surface area contributed by atoms with Gasteiger partial charge in [0.25, 0.3) is 5.24 Å². The van der Waals surface area contributed by atoms with Crippen LogP contribution in [0.3, 0.4) is 0 Å². The summed E-state index contributed by atoms with van der Waals surface area (Å²) >= 11 is 5.48. The maximum absolute atomic E-state index is 11.2. The van der Waals surface area contributed by atoms with E-state index in [4.69, 9.17) is 11.6 Å². The highest BCUT2D eigenvalue weighted by atomic mass is 35.5. The molecule has 0 atom stereocenters. The first-order valence-electron chi connectivity index (χ1n) is 4.47. The molecule has 1 heterocycles. The molecule has 0 spiro atoms. The highest BCUT2D eigenvalue weighted by Crippen LogP contribution is 2.22. The zero-order valence-corrected chi connectivity index (χ0v) is 8.90. The van der Waals surface area contributed by atoms with Gasteiger partial charge in [0.2, 0.25) is 0 Å². The Bertz CT molecular complexity index is 491. The molecule has 0 aliphatic rings. The zero-order valence-electron chi connectivity index (χ0n) is 8.14. The van der Waals surface area contributed by atoms with Crippen LogP contribution in [0.15, 0.2) is 36.5 Å². The molecule has 0 fully saturated rings. The van der Waals surface area contributed by atoms with E-state index in [-0.39, 0.29) is 0 Å². The van der Waals surface area contributed by atoms with Crippen molar-refractivity contribution in [2.24, 2.45) is 7.05 Å². The van der Waals surface area contributed by atoms with E-state index in [2.05, 4.69) is 5.10 Å². The standard InChI is InChI=1S/C11H9ClN2O/c1-14-7-9(11(12)15)10(13-14)8-5-3-2-4-6-8/h2-7H,1H3. The highest BCUT2D eigenvalue weighted by molar-refractivity contribution is 6.68. The SMILES string of the molecule is Cn1cc(C(=O)Cl)c(-c2ccccc2)n1. The van der Waals surface area contributed by atoms with Gasteiger partial charge in [0.05, 0.1) is 5.56 Å². The monoisotopic (exact) mass is 220 g/mol. The Kier molecular flexibility index (Phi) is 2.56. The van der Waals surface area contributed by atoms with E-state index in [9.17, 15) is 4.79 Å². The quantitative estimate of drug-likeness (QED) is 0.729. The summed E-state index contributed by atoms with van der Waals surface area (Å²) in [6.45, 7) is 0. The van der Waals surface area contributed by atoms with Crippen LogP contribution in [0.4, 0.5) is 0 Å². The van der Waals surface area contributed by atoms with Crippen LogP contribution in [0.2, 0.25) is 0 Å². The molecule has 3 nitrogen and oxygen atoms in total. The fourth-order valence-corrected chi connectivity index (χ4v) is 1.58. The molecule has 0 amide bonds. The number of nitrogens with zero attached hydrogens (tertiary/aromatic N) is 2. The summed E-state index contributed by atoms with van der Waals surface area (Å²) in [5, 5.41) is 3.73. The van der Waals surface area contributed by atoms with E-state index < -0.39 is 5.24 Å². The number of hydrogen-bond donors (Lipinski definition) is 0. The first kappa shape index (κ1) is 9.93. The van der Waals surface area contributed by atoms with E-state index in [0.717, 1.165) is 5.56 Å². The fraction of sp³-hybridized carbons (Fsp3) is 0.0909. The Morgan fingerprint density at radius 3 is 2.60 bits per heavy atom. The van der Waals surface area contributed by atoms with Gasteiger partial charge in [0, 0.05) is 18.8 Å². The van der Waals surface area contributed by atoms with Crippen molar-refractivity contribution in [1.82, 2.24) is 9.78 Å². The fourth-order valence-electron chi connectivity index (χ4n) is 1.44. The number of aromatic nitrogens is 2. The topological polar surface area (TPSA) is 34.9 Å². The number of carbonyl (C=O) groups is 1.